The molecule has 0 radical (unpaired) electrons. The predicted molar refractivity (Wildman–Crippen MR) is 26.8 cm³/mol. The molecule has 0 bridgehead atoms. The van der Waals surface area contributed by atoms with E-state index in [1.165, 1.54) is 0 Å². The van der Waals surface area contributed by atoms with Crippen molar-refractivity contribution in [1.82, 2.24) is 5.43 Å². The summed E-state index contributed by atoms with van der Waals surface area (Å²) in [6.07, 6.45) is 0. The van der Waals surface area contributed by atoms with Gasteiger partial charge in [-0.05, 0) is 0 Å². The highest BCUT2D eigenvalue weighted by Crippen LogP contribution is 2.07. The molecule has 0 saturated carbocycles. The van der Waals surface area contributed by atoms with E-state index in [1.54, 1.807) is 12.1 Å². The van der Waals surface area contributed by atoms with Crippen molar-refractivity contribution >= 4 is 0 Å². The van der Waals surface area contributed by atoms with Crippen molar-refractivity contribution in [3.05, 3.63) is 0 Å². The first kappa shape index (κ1) is 5.52. The fourth-order valence-corrected chi connectivity index (χ4v) is 0.443. The van der Waals surface area contributed by atoms with Crippen molar-refractivity contribution in [3.63, 3.8) is 0 Å². The van der Waals surface area contributed by atoms with Crippen LogP contribution in [0.15, 0.2) is 10.3 Å². The summed E-state index contributed by atoms with van der Waals surface area (Å²) in [5.74, 6) is 0. The molecule has 1 aliphatic rings. The van der Waals surface area contributed by atoms with Crippen LogP contribution in [0.2, 0.25) is 0 Å². The molecule has 1 aliphatic heterocycles. The highest BCUT2D eigenvalue weighted by atomic mass is 15.5. The normalized spacial score (nSPS) is 19.8. The van der Waals surface area contributed by atoms with Crippen molar-refractivity contribution < 1.29 is 0 Å². The van der Waals surface area contributed by atoms with Gasteiger partial charge in [-0.2, -0.15) is 15.6 Å². The molecule has 0 aliphatic carbocycles. The smallest absolute Gasteiger partial charge is 0.249 e. The van der Waals surface area contributed by atoms with Crippen LogP contribution in [0.25, 0.3) is 0 Å². The first-order valence-corrected chi connectivity index (χ1v) is 2.29. The molecule has 0 amide bonds. The lowest BCUT2D eigenvalue weighted by atomic mass is 10.1. The van der Waals surface area contributed by atoms with E-state index in [4.69, 9.17) is 10.5 Å². The Morgan fingerprint density at radius 1 is 1.44 bits per heavy atom. The van der Waals surface area contributed by atoms with Gasteiger partial charge in [0.15, 0.2) is 0 Å². The molecule has 0 fully saturated rings. The molecule has 44 valence electrons. The van der Waals surface area contributed by atoms with Crippen LogP contribution in [0, 0.1) is 22.7 Å². The Bertz CT molecular complexity index is 192. The molecular weight excluding hydrogens is 118 g/mol. The second-order valence-electron chi connectivity index (χ2n) is 1.64. The van der Waals surface area contributed by atoms with Gasteiger partial charge in [-0.1, -0.05) is 5.22 Å². The van der Waals surface area contributed by atoms with Gasteiger partial charge in [0.1, 0.15) is 18.7 Å². The summed E-state index contributed by atoms with van der Waals surface area (Å²) < 4.78 is 0. The third-order valence-corrected chi connectivity index (χ3v) is 1.00. The van der Waals surface area contributed by atoms with E-state index in [0.717, 1.165) is 0 Å². The van der Waals surface area contributed by atoms with Crippen molar-refractivity contribution in [2.45, 2.75) is 5.54 Å². The molecule has 0 aromatic heterocycles. The van der Waals surface area contributed by atoms with Crippen LogP contribution in [-0.2, 0) is 0 Å². The van der Waals surface area contributed by atoms with Gasteiger partial charge < -0.3 is 0 Å². The minimum absolute atomic E-state index is 0.125. The zero-order chi connectivity index (χ0) is 6.74. The summed E-state index contributed by atoms with van der Waals surface area (Å²) in [6, 6.07) is 3.53. The van der Waals surface area contributed by atoms with E-state index in [9.17, 15) is 0 Å². The molecule has 5 heteroatoms. The number of nitrogens with zero attached hydrogens (tertiary/aromatic N) is 4. The molecular formula is C4H3N5. The molecule has 5 nitrogen and oxygen atoms in total. The van der Waals surface area contributed by atoms with E-state index >= 15 is 0 Å². The second-order valence-corrected chi connectivity index (χ2v) is 1.64. The van der Waals surface area contributed by atoms with E-state index in [2.05, 4.69) is 15.8 Å². The van der Waals surface area contributed by atoms with Crippen LogP contribution >= 0.6 is 0 Å². The van der Waals surface area contributed by atoms with Gasteiger partial charge in [0, 0.05) is 0 Å². The van der Waals surface area contributed by atoms with E-state index < -0.39 is 5.54 Å². The van der Waals surface area contributed by atoms with E-state index in [0.29, 0.717) is 0 Å². The summed E-state index contributed by atoms with van der Waals surface area (Å²) in [5.41, 5.74) is 1.11. The molecule has 9 heavy (non-hydrogen) atoms. The third-order valence-electron chi connectivity index (χ3n) is 1.00. The SMILES string of the molecule is N#CC1(C#N)CN=NN1. The van der Waals surface area contributed by atoms with Crippen molar-refractivity contribution in [2.24, 2.45) is 10.3 Å². The molecule has 1 heterocycles. The standard InChI is InChI=1S/C4H3N5/c5-1-4(2-6)3-7-9-8-4/h3H2,(H,7,8). The fourth-order valence-electron chi connectivity index (χ4n) is 0.443. The monoisotopic (exact) mass is 121 g/mol. The summed E-state index contributed by atoms with van der Waals surface area (Å²) in [7, 11) is 0. The molecule has 0 spiro atoms. The minimum Gasteiger partial charge on any atom is -0.257 e. The van der Waals surface area contributed by atoms with Gasteiger partial charge in [-0.25, -0.2) is 0 Å². The predicted octanol–water partition coefficient (Wildman–Crippen LogP) is -0.257. The maximum Gasteiger partial charge on any atom is 0.249 e. The molecule has 0 aromatic rings. The van der Waals surface area contributed by atoms with Crippen molar-refractivity contribution in [2.75, 3.05) is 6.54 Å². The maximum absolute atomic E-state index is 8.36. The Hall–Kier alpha value is -1.62. The molecule has 0 saturated heterocycles. The summed E-state index contributed by atoms with van der Waals surface area (Å²) >= 11 is 0. The van der Waals surface area contributed by atoms with Crippen molar-refractivity contribution in [1.29, 1.82) is 10.5 Å². The van der Waals surface area contributed by atoms with Gasteiger partial charge in [0.2, 0.25) is 5.54 Å². The van der Waals surface area contributed by atoms with Gasteiger partial charge in [-0.15, -0.1) is 0 Å². The largest absolute Gasteiger partial charge is 0.257 e. The van der Waals surface area contributed by atoms with Gasteiger partial charge in [-0.3, -0.25) is 5.43 Å². The zero-order valence-electron chi connectivity index (χ0n) is 4.50. The Balaban J connectivity index is 2.79. The summed E-state index contributed by atoms with van der Waals surface area (Å²) in [6.45, 7) is 0.125. The molecule has 0 atom stereocenters. The Morgan fingerprint density at radius 3 is 2.33 bits per heavy atom. The third kappa shape index (κ3) is 0.684. The summed E-state index contributed by atoms with van der Waals surface area (Å²) in [4.78, 5) is 0. The number of hydrogen-bond acceptors (Lipinski definition) is 5. The Labute approximate surface area is 51.6 Å². The maximum atomic E-state index is 8.36. The fraction of sp³-hybridized carbons (Fsp3) is 0.500. The van der Waals surface area contributed by atoms with Crippen LogP contribution in [-0.4, -0.2) is 12.1 Å². The number of rotatable bonds is 0. The van der Waals surface area contributed by atoms with Crippen LogP contribution in [0.3, 0.4) is 0 Å². The lowest BCUT2D eigenvalue weighted by Crippen LogP contribution is -2.37. The first-order valence-electron chi connectivity index (χ1n) is 2.29. The van der Waals surface area contributed by atoms with Crippen LogP contribution in [0.4, 0.5) is 0 Å². The van der Waals surface area contributed by atoms with Crippen LogP contribution < -0.4 is 5.43 Å². The molecule has 1 N–H and O–H groups in total. The van der Waals surface area contributed by atoms with Crippen molar-refractivity contribution in [3.8, 4) is 12.1 Å². The van der Waals surface area contributed by atoms with Gasteiger partial charge >= 0.3 is 0 Å². The van der Waals surface area contributed by atoms with E-state index in [-0.39, 0.29) is 6.54 Å². The topological polar surface area (TPSA) is 84.3 Å². The lowest BCUT2D eigenvalue weighted by molar-refractivity contribution is 0.607. The summed E-state index contributed by atoms with van der Waals surface area (Å²) in [5, 5.41) is 23.5. The first-order chi connectivity index (χ1) is 4.33. The average molecular weight is 121 g/mol. The minimum atomic E-state index is -1.19. The highest BCUT2D eigenvalue weighted by Gasteiger charge is 2.32. The number of nitrogens with one attached hydrogen (secondary N) is 1. The second kappa shape index (κ2) is 1.71. The quantitative estimate of drug-likeness (QED) is 0.479. The average Bonchev–Trinajstić information content (AvgIpc) is 2.36. The number of nitriles is 2. The van der Waals surface area contributed by atoms with Gasteiger partial charge in [0.25, 0.3) is 0 Å². The molecule has 0 aromatic carbocycles. The molecule has 0 unspecified atom stereocenters. The Kier molecular flexibility index (Phi) is 1.05. The van der Waals surface area contributed by atoms with Crippen LogP contribution in [0.1, 0.15) is 0 Å². The molecule has 1 rings (SSSR count). The highest BCUT2D eigenvalue weighted by molar-refractivity contribution is 5.23. The zero-order valence-corrected chi connectivity index (χ0v) is 4.50. The number of hydrogen-bond donors (Lipinski definition) is 1. The van der Waals surface area contributed by atoms with E-state index in [1.807, 2.05) is 0 Å². The lowest BCUT2D eigenvalue weighted by Gasteiger charge is -2.04. The van der Waals surface area contributed by atoms with Gasteiger partial charge in [0.05, 0.1) is 0 Å². The van der Waals surface area contributed by atoms with Crippen LogP contribution in [0.5, 0.6) is 0 Å². The Morgan fingerprint density at radius 2 is 2.11 bits per heavy atom.